The van der Waals surface area contributed by atoms with Gasteiger partial charge in [-0.2, -0.15) is 0 Å². The fourth-order valence-electron chi connectivity index (χ4n) is 2.98. The number of amides is 1. The van der Waals surface area contributed by atoms with Crippen LogP contribution in [0.2, 0.25) is 36.3 Å². The summed E-state index contributed by atoms with van der Waals surface area (Å²) in [4.78, 5) is 27.3. The van der Waals surface area contributed by atoms with Crippen molar-refractivity contribution in [3.8, 4) is 0 Å². The van der Waals surface area contributed by atoms with Crippen LogP contribution in [-0.4, -0.2) is 65.3 Å². The predicted octanol–water partition coefficient (Wildman–Crippen LogP) is 4.56. The van der Waals surface area contributed by atoms with Gasteiger partial charge in [0.2, 0.25) is 0 Å². The lowest BCUT2D eigenvalue weighted by Gasteiger charge is -2.39. The molecule has 29 heavy (non-hydrogen) atoms. The van der Waals surface area contributed by atoms with E-state index < -0.39 is 28.8 Å². The number of esters is 1. The number of methoxy groups -OCH3 is 1. The smallest absolute Gasteiger partial charge is 0.328 e. The molecule has 1 aliphatic rings. The first-order valence-electron chi connectivity index (χ1n) is 10.6. The van der Waals surface area contributed by atoms with Crippen molar-refractivity contribution in [2.24, 2.45) is 0 Å². The van der Waals surface area contributed by atoms with Gasteiger partial charge in [0, 0.05) is 13.0 Å². The van der Waals surface area contributed by atoms with Crippen LogP contribution in [-0.2, 0) is 23.2 Å². The van der Waals surface area contributed by atoms with Gasteiger partial charge in [-0.25, -0.2) is 4.79 Å². The first-order chi connectivity index (χ1) is 12.8. The molecule has 0 spiro atoms. The molecule has 170 valence electrons. The van der Waals surface area contributed by atoms with Crippen molar-refractivity contribution < 1.29 is 23.2 Å². The summed E-state index contributed by atoms with van der Waals surface area (Å²) in [5.74, 6) is -0.550. The highest BCUT2D eigenvalue weighted by Gasteiger charge is 2.48. The van der Waals surface area contributed by atoms with Gasteiger partial charge in [0.1, 0.15) is 12.1 Å². The quantitative estimate of drug-likeness (QED) is 0.443. The highest BCUT2D eigenvalue weighted by Crippen LogP contribution is 2.40. The van der Waals surface area contributed by atoms with E-state index in [2.05, 4.69) is 67.7 Å². The molecule has 0 aromatic heterocycles. The third kappa shape index (κ3) is 6.15. The van der Waals surface area contributed by atoms with Gasteiger partial charge in [-0.1, -0.05) is 41.5 Å². The third-order valence-corrected chi connectivity index (χ3v) is 16.0. The van der Waals surface area contributed by atoms with Gasteiger partial charge in [0.15, 0.2) is 16.6 Å². The molecule has 1 saturated heterocycles. The number of nitrogens with zero attached hydrogens (tertiary/aromatic N) is 1. The Labute approximate surface area is 179 Å². The first kappa shape index (κ1) is 26.3. The number of carbonyl (C=O) groups excluding carboxylic acids is 2. The Hall–Kier alpha value is -0.706. The summed E-state index contributed by atoms with van der Waals surface area (Å²) >= 11 is 0. The number of rotatable bonds is 6. The predicted molar refractivity (Wildman–Crippen MR) is 122 cm³/mol. The minimum Gasteiger partial charge on any atom is -0.467 e. The SMILES string of the molecule is COC(=O)[C@@H]1C[C@@H](O[Si](C)(C)C(C)(C)C)CN1C(=O)[C@H](C)O[Si](C)(C)C(C)(C)C. The van der Waals surface area contributed by atoms with Crippen molar-refractivity contribution in [1.29, 1.82) is 0 Å². The number of hydrogen-bond donors (Lipinski definition) is 0. The molecule has 1 aliphatic heterocycles. The molecule has 6 nitrogen and oxygen atoms in total. The standard InChI is InChI=1S/C21H43NO5Si2/c1-15(26-28(9,10)20(2,3)4)18(23)22-14-16(13-17(22)19(24)25-8)27-29(11,12)21(5,6)7/h15-17H,13-14H2,1-12H3/t15-,16+,17-/m0/s1. The molecule has 1 fully saturated rings. The van der Waals surface area contributed by atoms with Gasteiger partial charge in [-0.05, 0) is 43.2 Å². The van der Waals surface area contributed by atoms with Crippen LogP contribution in [0.4, 0.5) is 0 Å². The molecular formula is C21H43NO5Si2. The van der Waals surface area contributed by atoms with Crippen LogP contribution in [0.15, 0.2) is 0 Å². The van der Waals surface area contributed by atoms with E-state index in [0.717, 1.165) is 0 Å². The molecule has 3 atom stereocenters. The van der Waals surface area contributed by atoms with E-state index in [1.165, 1.54) is 7.11 Å². The lowest BCUT2D eigenvalue weighted by Crippen LogP contribution is -2.51. The van der Waals surface area contributed by atoms with Crippen molar-refractivity contribution in [2.45, 2.75) is 109 Å². The van der Waals surface area contributed by atoms with Crippen LogP contribution in [0.1, 0.15) is 54.9 Å². The van der Waals surface area contributed by atoms with E-state index in [1.54, 1.807) is 11.8 Å². The van der Waals surface area contributed by atoms with Crippen LogP contribution < -0.4 is 0 Å². The van der Waals surface area contributed by atoms with Crippen LogP contribution >= 0.6 is 0 Å². The second-order valence-electron chi connectivity index (χ2n) is 11.3. The van der Waals surface area contributed by atoms with Gasteiger partial charge in [-0.15, -0.1) is 0 Å². The Morgan fingerprint density at radius 2 is 1.45 bits per heavy atom. The Morgan fingerprint density at radius 1 is 0.966 bits per heavy atom. The van der Waals surface area contributed by atoms with Gasteiger partial charge in [0.25, 0.3) is 5.91 Å². The van der Waals surface area contributed by atoms with E-state index in [9.17, 15) is 9.59 Å². The molecule has 1 amide bonds. The zero-order valence-corrected chi connectivity index (χ0v) is 22.6. The molecule has 0 saturated carbocycles. The second kappa shape index (κ2) is 8.80. The molecule has 0 unspecified atom stereocenters. The molecule has 0 bridgehead atoms. The van der Waals surface area contributed by atoms with Gasteiger partial charge in [0.05, 0.1) is 13.2 Å². The van der Waals surface area contributed by atoms with Crippen molar-refractivity contribution >= 4 is 28.5 Å². The fraction of sp³-hybridized carbons (Fsp3) is 0.905. The van der Waals surface area contributed by atoms with Crippen LogP contribution in [0.5, 0.6) is 0 Å². The second-order valence-corrected chi connectivity index (χ2v) is 20.8. The summed E-state index contributed by atoms with van der Waals surface area (Å²) in [6.07, 6.45) is -0.295. The lowest BCUT2D eigenvalue weighted by molar-refractivity contribution is -0.153. The zero-order chi connectivity index (χ0) is 23.0. The maximum atomic E-state index is 13.3. The number of likely N-dealkylation sites (tertiary alicyclic amines) is 1. The molecule has 1 rings (SSSR count). The van der Waals surface area contributed by atoms with Crippen LogP contribution in [0, 0.1) is 0 Å². The topological polar surface area (TPSA) is 65.1 Å². The first-order valence-corrected chi connectivity index (χ1v) is 16.4. The lowest BCUT2D eigenvalue weighted by atomic mass is 10.2. The van der Waals surface area contributed by atoms with Crippen molar-refractivity contribution in [3.63, 3.8) is 0 Å². The number of carbonyl (C=O) groups is 2. The van der Waals surface area contributed by atoms with E-state index in [1.807, 2.05) is 0 Å². The summed E-state index contributed by atoms with van der Waals surface area (Å²) in [7, 11) is -2.76. The molecule has 1 heterocycles. The largest absolute Gasteiger partial charge is 0.467 e. The van der Waals surface area contributed by atoms with E-state index >= 15 is 0 Å². The number of ether oxygens (including phenoxy) is 1. The van der Waals surface area contributed by atoms with Crippen molar-refractivity contribution in [1.82, 2.24) is 4.90 Å². The molecule has 8 heteroatoms. The Bertz CT molecular complexity index is 607. The van der Waals surface area contributed by atoms with E-state index in [0.29, 0.717) is 13.0 Å². The maximum Gasteiger partial charge on any atom is 0.328 e. The van der Waals surface area contributed by atoms with Gasteiger partial charge >= 0.3 is 5.97 Å². The highest BCUT2D eigenvalue weighted by molar-refractivity contribution is 6.74. The van der Waals surface area contributed by atoms with E-state index in [-0.39, 0.29) is 28.1 Å². The third-order valence-electron chi connectivity index (χ3n) is 6.91. The maximum absolute atomic E-state index is 13.3. The fourth-order valence-corrected chi connectivity index (χ4v) is 5.68. The van der Waals surface area contributed by atoms with Gasteiger partial charge in [-0.3, -0.25) is 4.79 Å². The molecule has 0 aromatic rings. The van der Waals surface area contributed by atoms with Crippen molar-refractivity contribution in [3.05, 3.63) is 0 Å². The molecule has 0 N–H and O–H groups in total. The average Bonchev–Trinajstić information content (AvgIpc) is 2.93. The van der Waals surface area contributed by atoms with Crippen LogP contribution in [0.25, 0.3) is 0 Å². The minimum absolute atomic E-state index is 0.00226. The Kier molecular flexibility index (Phi) is 7.99. The monoisotopic (exact) mass is 445 g/mol. The van der Waals surface area contributed by atoms with Crippen molar-refractivity contribution in [2.75, 3.05) is 13.7 Å². The zero-order valence-electron chi connectivity index (χ0n) is 20.6. The highest BCUT2D eigenvalue weighted by atomic mass is 28.4. The summed E-state index contributed by atoms with van der Waals surface area (Å²) in [6.45, 7) is 23.8. The minimum atomic E-state index is -2.11. The molecule has 0 radical (unpaired) electrons. The van der Waals surface area contributed by atoms with Crippen LogP contribution in [0.3, 0.4) is 0 Å². The summed E-state index contributed by atoms with van der Waals surface area (Å²) in [6, 6.07) is -0.618. The summed E-state index contributed by atoms with van der Waals surface area (Å²) in [5.41, 5.74) is 0. The average molecular weight is 446 g/mol. The normalized spacial score (nSPS) is 22.6. The molecule has 0 aliphatic carbocycles. The summed E-state index contributed by atoms with van der Waals surface area (Å²) < 4.78 is 17.8. The number of hydrogen-bond acceptors (Lipinski definition) is 5. The van der Waals surface area contributed by atoms with Gasteiger partial charge < -0.3 is 18.5 Å². The summed E-state index contributed by atoms with van der Waals surface area (Å²) in [5, 5.41) is 0.0617. The molecule has 0 aromatic carbocycles. The Morgan fingerprint density at radius 3 is 1.86 bits per heavy atom. The molecular weight excluding hydrogens is 402 g/mol. The van der Waals surface area contributed by atoms with E-state index in [4.69, 9.17) is 13.6 Å². The Balaban J connectivity index is 3.02.